The van der Waals surface area contributed by atoms with E-state index in [4.69, 9.17) is 42.6 Å². The molecule has 27 nitrogen and oxygen atoms in total. The van der Waals surface area contributed by atoms with Crippen LogP contribution < -0.4 is 10.6 Å². The first kappa shape index (κ1) is 50.0. The molecule has 0 aromatic rings. The summed E-state index contributed by atoms with van der Waals surface area (Å²) in [6, 6.07) is -3.25. The Hall–Kier alpha value is -1.98. The van der Waals surface area contributed by atoms with Crippen molar-refractivity contribution in [2.45, 2.75) is 174 Å². The summed E-state index contributed by atoms with van der Waals surface area (Å²) in [6.45, 7) is 0.0652. The molecular formula is C34H58N2O25. The number of carbonyl (C=O) groups excluding carboxylic acids is 2. The second kappa shape index (κ2) is 21.3. The van der Waals surface area contributed by atoms with Crippen molar-refractivity contribution in [3.63, 3.8) is 0 Å². The number of hydrogen-bond acceptors (Lipinski definition) is 25. The lowest BCUT2D eigenvalue weighted by molar-refractivity contribution is -0.380. The number of carbonyl (C=O) groups is 2. The minimum atomic E-state index is -2.09. The summed E-state index contributed by atoms with van der Waals surface area (Å²) in [5, 5.41) is 153. The molecule has 5 fully saturated rings. The Bertz CT molecular complexity index is 1420. The molecule has 354 valence electrons. The van der Waals surface area contributed by atoms with Crippen molar-refractivity contribution in [1.29, 1.82) is 0 Å². The van der Waals surface area contributed by atoms with Crippen LogP contribution in [0.2, 0.25) is 0 Å². The van der Waals surface area contributed by atoms with E-state index in [9.17, 15) is 81.1 Å². The van der Waals surface area contributed by atoms with Crippen LogP contribution >= 0.6 is 0 Å². The van der Waals surface area contributed by atoms with E-state index >= 15 is 0 Å². The fourth-order valence-corrected chi connectivity index (χ4v) is 7.68. The highest BCUT2D eigenvalue weighted by atomic mass is 16.8. The van der Waals surface area contributed by atoms with E-state index in [1.165, 1.54) is 6.92 Å². The third kappa shape index (κ3) is 10.9. The summed E-state index contributed by atoms with van der Waals surface area (Å²) >= 11 is 0. The highest BCUT2D eigenvalue weighted by Crippen LogP contribution is 2.35. The van der Waals surface area contributed by atoms with Crippen LogP contribution in [0.25, 0.3) is 0 Å². The third-order valence-corrected chi connectivity index (χ3v) is 11.1. The Kier molecular flexibility index (Phi) is 17.5. The molecular weight excluding hydrogens is 836 g/mol. The van der Waals surface area contributed by atoms with Crippen LogP contribution in [0.4, 0.5) is 0 Å². The van der Waals surface area contributed by atoms with Crippen LogP contribution in [0.1, 0.15) is 20.8 Å². The molecule has 2 amide bonds. The van der Waals surface area contributed by atoms with E-state index in [-0.39, 0.29) is 0 Å². The zero-order chi connectivity index (χ0) is 45.2. The maximum Gasteiger partial charge on any atom is 0.217 e. The van der Waals surface area contributed by atoms with E-state index in [2.05, 4.69) is 10.6 Å². The molecule has 61 heavy (non-hydrogen) atoms. The van der Waals surface area contributed by atoms with Gasteiger partial charge in [0, 0.05) is 13.8 Å². The van der Waals surface area contributed by atoms with E-state index in [1.54, 1.807) is 0 Å². The van der Waals surface area contributed by atoms with Gasteiger partial charge < -0.3 is 125 Å². The fraction of sp³-hybridized carbons (Fsp3) is 0.941. The number of aliphatic hydroxyl groups is 14. The Labute approximate surface area is 346 Å². The molecule has 27 heteroatoms. The monoisotopic (exact) mass is 894 g/mol. The first-order valence-corrected chi connectivity index (χ1v) is 19.4. The van der Waals surface area contributed by atoms with Crippen LogP contribution in [0, 0.1) is 0 Å². The second-order valence-corrected chi connectivity index (χ2v) is 15.4. The van der Waals surface area contributed by atoms with Gasteiger partial charge in [0.25, 0.3) is 0 Å². The minimum Gasteiger partial charge on any atom is -0.394 e. The standard InChI is InChI=1S/C34H58N2O25/c1-8-17(42)22(47)24(49)32(54-8)53-7-14-28(20(45)15(30(52)55-14)35-9(2)40)59-31-16(36-10(3)41)21(46)27(13(6-39)58-31)60-34-26(51)29(19(44)12(5-38)57-34)61-33-25(50)23(48)18(43)11(4-37)56-33/h8,11-34,37-39,42-52H,4-7H2,1-3H3,(H,35,40)(H,36,41)/t8-,11+,12+,13+,14+,15+,16+,17+,18+,19+,20+,21+,22+,23-,24-,25-,26-,27+,28+,29-,30+,31-,32-,33+,34-/m0/s1. The first-order chi connectivity index (χ1) is 28.7. The maximum atomic E-state index is 12.5. The summed E-state index contributed by atoms with van der Waals surface area (Å²) < 4.78 is 51.0. The normalized spacial score (nSPS) is 49.6. The van der Waals surface area contributed by atoms with Crippen LogP contribution in [0.3, 0.4) is 0 Å². The summed E-state index contributed by atoms with van der Waals surface area (Å²) in [5.74, 6) is -1.51. The lowest BCUT2D eigenvalue weighted by Crippen LogP contribution is -2.70. The molecule has 5 aliphatic heterocycles. The molecule has 0 saturated carbocycles. The van der Waals surface area contributed by atoms with Crippen molar-refractivity contribution in [2.75, 3.05) is 26.4 Å². The molecule has 5 aliphatic rings. The lowest BCUT2D eigenvalue weighted by Gasteiger charge is -2.50. The van der Waals surface area contributed by atoms with Gasteiger partial charge in [0.2, 0.25) is 11.8 Å². The van der Waals surface area contributed by atoms with Gasteiger partial charge in [-0.05, 0) is 6.92 Å². The van der Waals surface area contributed by atoms with Crippen molar-refractivity contribution in [3.8, 4) is 0 Å². The molecule has 0 radical (unpaired) electrons. The minimum absolute atomic E-state index is 0.681. The van der Waals surface area contributed by atoms with Gasteiger partial charge in [-0.1, -0.05) is 0 Å². The van der Waals surface area contributed by atoms with Gasteiger partial charge in [-0.3, -0.25) is 9.59 Å². The first-order valence-electron chi connectivity index (χ1n) is 19.4. The Morgan fingerprint density at radius 3 is 1.51 bits per heavy atom. The van der Waals surface area contributed by atoms with Gasteiger partial charge in [0.05, 0.1) is 32.5 Å². The molecule has 0 spiro atoms. The molecule has 5 rings (SSSR count). The predicted octanol–water partition coefficient (Wildman–Crippen LogP) is -10.6. The summed E-state index contributed by atoms with van der Waals surface area (Å²) in [4.78, 5) is 24.5. The van der Waals surface area contributed by atoms with E-state index in [0.717, 1.165) is 13.8 Å². The van der Waals surface area contributed by atoms with Crippen LogP contribution in [0.15, 0.2) is 0 Å². The van der Waals surface area contributed by atoms with E-state index < -0.39 is 192 Å². The van der Waals surface area contributed by atoms with Gasteiger partial charge in [-0.15, -0.1) is 0 Å². The van der Waals surface area contributed by atoms with Crippen molar-refractivity contribution in [1.82, 2.24) is 10.6 Å². The van der Waals surface area contributed by atoms with Gasteiger partial charge in [0.15, 0.2) is 31.5 Å². The molecule has 5 heterocycles. The zero-order valence-electron chi connectivity index (χ0n) is 33.0. The Balaban J connectivity index is 1.37. The summed E-state index contributed by atoms with van der Waals surface area (Å²) in [5.41, 5.74) is 0. The molecule has 0 aromatic heterocycles. The topological polar surface area (TPSA) is 424 Å². The Morgan fingerprint density at radius 1 is 0.459 bits per heavy atom. The maximum absolute atomic E-state index is 12.5. The SMILES string of the molecule is CC(=O)N[C@@H]1[C@@H](O)[C@H](O[C@@H]2O[C@H](CO)[C@@H](O[C@@H]3O[C@H](CO)[C@@H](O)[C@H](O[C@H]4O[C@H](CO)[C@@H](O)[C@H](O)[C@@H]4O)[C@@H]3O)[C@H](O)[C@H]2NC(C)=O)[C@@H](CO[C@H]2O[C@@H](C)[C@@H](O)[C@@H](O)[C@@H]2O)O[C@H]1O. The number of rotatable bonds is 14. The van der Waals surface area contributed by atoms with Crippen molar-refractivity contribution >= 4 is 11.8 Å². The zero-order valence-corrected chi connectivity index (χ0v) is 33.0. The number of amides is 2. The average molecular weight is 895 g/mol. The number of aliphatic hydroxyl groups excluding tert-OH is 14. The van der Waals surface area contributed by atoms with E-state index in [0.29, 0.717) is 0 Å². The molecule has 0 unspecified atom stereocenters. The molecule has 16 N–H and O–H groups in total. The summed E-state index contributed by atoms with van der Waals surface area (Å²) in [7, 11) is 0. The number of nitrogens with one attached hydrogen (secondary N) is 2. The van der Waals surface area contributed by atoms with Gasteiger partial charge in [-0.2, -0.15) is 0 Å². The van der Waals surface area contributed by atoms with Gasteiger partial charge >= 0.3 is 0 Å². The quantitative estimate of drug-likeness (QED) is 0.0770. The van der Waals surface area contributed by atoms with Crippen molar-refractivity contribution < 1.29 is 124 Å². The van der Waals surface area contributed by atoms with Gasteiger partial charge in [-0.25, -0.2) is 0 Å². The lowest BCUT2D eigenvalue weighted by atomic mass is 9.94. The van der Waals surface area contributed by atoms with Crippen LogP contribution in [-0.4, -0.2) is 263 Å². The Morgan fingerprint density at radius 2 is 0.918 bits per heavy atom. The fourth-order valence-electron chi connectivity index (χ4n) is 7.68. The summed E-state index contributed by atoms with van der Waals surface area (Å²) in [6.07, 6.45) is -40.3. The molecule has 25 atom stereocenters. The van der Waals surface area contributed by atoms with Crippen LogP contribution in [0.5, 0.6) is 0 Å². The molecule has 5 saturated heterocycles. The van der Waals surface area contributed by atoms with Crippen LogP contribution in [-0.2, 0) is 52.2 Å². The highest BCUT2D eigenvalue weighted by molar-refractivity contribution is 5.73. The third-order valence-electron chi connectivity index (χ3n) is 11.1. The largest absolute Gasteiger partial charge is 0.394 e. The van der Waals surface area contributed by atoms with Crippen molar-refractivity contribution in [3.05, 3.63) is 0 Å². The highest BCUT2D eigenvalue weighted by Gasteiger charge is 2.56. The number of ether oxygens (including phenoxy) is 9. The van der Waals surface area contributed by atoms with Crippen molar-refractivity contribution in [2.24, 2.45) is 0 Å². The smallest absolute Gasteiger partial charge is 0.217 e. The van der Waals surface area contributed by atoms with Gasteiger partial charge in [0.1, 0.15) is 116 Å². The molecule has 0 aliphatic carbocycles. The molecule has 0 bridgehead atoms. The second-order valence-electron chi connectivity index (χ2n) is 15.4. The molecule has 0 aromatic carbocycles. The number of hydrogen-bond donors (Lipinski definition) is 16. The van der Waals surface area contributed by atoms with E-state index in [1.807, 2.05) is 0 Å². The predicted molar refractivity (Wildman–Crippen MR) is 188 cm³/mol. The average Bonchev–Trinajstić information content (AvgIpc) is 3.21.